The van der Waals surface area contributed by atoms with Crippen molar-refractivity contribution >= 4 is 16.5 Å². The number of aromatic nitrogens is 1. The maximum absolute atomic E-state index is 4.10. The highest BCUT2D eigenvalue weighted by atomic mass is 32.1. The van der Waals surface area contributed by atoms with Crippen molar-refractivity contribution in [1.29, 1.82) is 0 Å². The van der Waals surface area contributed by atoms with Gasteiger partial charge in [-0.3, -0.25) is 0 Å². The number of nitrogens with zero attached hydrogens (tertiary/aromatic N) is 1. The minimum Gasteiger partial charge on any atom is -0.359 e. The number of hydrogen-bond acceptors (Lipinski definition) is 3. The standard InChI is InChI=1S/C6H8N2S/c1-2-5(1)8-6-7-3-4-9-6/h3-5H,1-2H2,(H,7,8). The molecule has 1 saturated carbocycles. The van der Waals surface area contributed by atoms with Gasteiger partial charge < -0.3 is 5.32 Å². The largest absolute Gasteiger partial charge is 0.359 e. The van der Waals surface area contributed by atoms with E-state index in [0.717, 1.165) is 11.2 Å². The van der Waals surface area contributed by atoms with Gasteiger partial charge in [-0.1, -0.05) is 0 Å². The molecule has 0 radical (unpaired) electrons. The second-order valence-electron chi connectivity index (χ2n) is 2.26. The minimum absolute atomic E-state index is 0.733. The second kappa shape index (κ2) is 1.99. The number of anilines is 1. The lowest BCUT2D eigenvalue weighted by Gasteiger charge is -1.94. The van der Waals surface area contributed by atoms with Crippen molar-refractivity contribution in [2.24, 2.45) is 0 Å². The molecule has 0 unspecified atom stereocenters. The molecule has 1 aliphatic carbocycles. The predicted octanol–water partition coefficient (Wildman–Crippen LogP) is 1.72. The highest BCUT2D eigenvalue weighted by Crippen LogP contribution is 2.25. The van der Waals surface area contributed by atoms with Gasteiger partial charge in [0.05, 0.1) is 0 Å². The number of rotatable bonds is 2. The third-order valence-corrected chi connectivity index (χ3v) is 2.04. The van der Waals surface area contributed by atoms with Crippen molar-refractivity contribution in [2.45, 2.75) is 18.9 Å². The van der Waals surface area contributed by atoms with Crippen LogP contribution in [0, 0.1) is 0 Å². The first-order valence-corrected chi connectivity index (χ1v) is 3.99. The van der Waals surface area contributed by atoms with Gasteiger partial charge in [0, 0.05) is 17.6 Å². The van der Waals surface area contributed by atoms with Crippen LogP contribution < -0.4 is 5.32 Å². The maximum Gasteiger partial charge on any atom is 0.182 e. The van der Waals surface area contributed by atoms with Crippen LogP contribution in [0.15, 0.2) is 11.6 Å². The molecular weight excluding hydrogens is 132 g/mol. The zero-order chi connectivity index (χ0) is 6.10. The van der Waals surface area contributed by atoms with Crippen molar-refractivity contribution in [3.8, 4) is 0 Å². The van der Waals surface area contributed by atoms with E-state index < -0.39 is 0 Å². The molecule has 0 atom stereocenters. The fraction of sp³-hybridized carbons (Fsp3) is 0.500. The van der Waals surface area contributed by atoms with Gasteiger partial charge in [0.15, 0.2) is 5.13 Å². The summed E-state index contributed by atoms with van der Waals surface area (Å²) >= 11 is 1.67. The molecule has 1 aromatic rings. The van der Waals surface area contributed by atoms with Crippen LogP contribution >= 0.6 is 11.3 Å². The number of hydrogen-bond donors (Lipinski definition) is 1. The molecule has 0 bridgehead atoms. The Morgan fingerprint density at radius 1 is 1.67 bits per heavy atom. The zero-order valence-corrected chi connectivity index (χ0v) is 5.82. The van der Waals surface area contributed by atoms with Gasteiger partial charge in [-0.25, -0.2) is 4.98 Å². The lowest BCUT2D eigenvalue weighted by Crippen LogP contribution is -1.98. The number of thiazole rings is 1. The molecule has 1 fully saturated rings. The molecule has 9 heavy (non-hydrogen) atoms. The van der Waals surface area contributed by atoms with Crippen LogP contribution in [0.5, 0.6) is 0 Å². The van der Waals surface area contributed by atoms with E-state index in [1.165, 1.54) is 12.8 Å². The lowest BCUT2D eigenvalue weighted by atomic mass is 10.7. The molecule has 0 spiro atoms. The Hall–Kier alpha value is -0.570. The Bertz CT molecular complexity index is 179. The normalized spacial score (nSPS) is 17.8. The van der Waals surface area contributed by atoms with Crippen molar-refractivity contribution in [3.05, 3.63) is 11.6 Å². The summed E-state index contributed by atoms with van der Waals surface area (Å²) in [7, 11) is 0. The highest BCUT2D eigenvalue weighted by molar-refractivity contribution is 7.13. The van der Waals surface area contributed by atoms with Crippen LogP contribution in [0.3, 0.4) is 0 Å². The fourth-order valence-electron chi connectivity index (χ4n) is 0.697. The van der Waals surface area contributed by atoms with Gasteiger partial charge in [0.2, 0.25) is 0 Å². The Kier molecular flexibility index (Phi) is 1.16. The Morgan fingerprint density at radius 2 is 2.56 bits per heavy atom. The molecule has 1 aromatic heterocycles. The highest BCUT2D eigenvalue weighted by Gasteiger charge is 2.21. The summed E-state index contributed by atoms with van der Waals surface area (Å²) < 4.78 is 0. The van der Waals surface area contributed by atoms with Gasteiger partial charge in [0.1, 0.15) is 0 Å². The molecule has 2 nitrogen and oxygen atoms in total. The van der Waals surface area contributed by atoms with Crippen molar-refractivity contribution in [2.75, 3.05) is 5.32 Å². The molecule has 0 aliphatic heterocycles. The number of nitrogens with one attached hydrogen (secondary N) is 1. The fourth-order valence-corrected chi connectivity index (χ4v) is 1.30. The topological polar surface area (TPSA) is 24.9 Å². The summed E-state index contributed by atoms with van der Waals surface area (Å²) in [5, 5.41) is 6.36. The van der Waals surface area contributed by atoms with Crippen molar-refractivity contribution in [3.63, 3.8) is 0 Å². The monoisotopic (exact) mass is 140 g/mol. The minimum atomic E-state index is 0.733. The van der Waals surface area contributed by atoms with E-state index in [-0.39, 0.29) is 0 Å². The predicted molar refractivity (Wildman–Crippen MR) is 38.8 cm³/mol. The van der Waals surface area contributed by atoms with Gasteiger partial charge in [-0.05, 0) is 12.8 Å². The molecule has 48 valence electrons. The smallest absolute Gasteiger partial charge is 0.182 e. The van der Waals surface area contributed by atoms with Crippen LogP contribution in [-0.4, -0.2) is 11.0 Å². The average Bonchev–Trinajstić information content (AvgIpc) is 2.46. The summed E-state index contributed by atoms with van der Waals surface area (Å²) in [6.07, 6.45) is 4.47. The van der Waals surface area contributed by atoms with E-state index in [4.69, 9.17) is 0 Å². The van der Waals surface area contributed by atoms with Gasteiger partial charge in [-0.2, -0.15) is 0 Å². The first-order chi connectivity index (χ1) is 4.45. The van der Waals surface area contributed by atoms with Crippen LogP contribution in [0.25, 0.3) is 0 Å². The molecule has 0 aromatic carbocycles. The van der Waals surface area contributed by atoms with E-state index in [1.54, 1.807) is 11.3 Å². The molecule has 2 rings (SSSR count). The third-order valence-electron chi connectivity index (χ3n) is 1.34. The molecule has 3 heteroatoms. The van der Waals surface area contributed by atoms with E-state index in [0.29, 0.717) is 0 Å². The first kappa shape index (κ1) is 5.23. The van der Waals surface area contributed by atoms with Crippen LogP contribution in [0.4, 0.5) is 5.13 Å². The summed E-state index contributed by atoms with van der Waals surface area (Å²) in [4.78, 5) is 4.10. The summed E-state index contributed by atoms with van der Waals surface area (Å²) in [6.45, 7) is 0. The molecule has 1 aliphatic rings. The summed E-state index contributed by atoms with van der Waals surface area (Å²) in [6, 6.07) is 0.733. The average molecular weight is 140 g/mol. The second-order valence-corrected chi connectivity index (χ2v) is 3.15. The summed E-state index contributed by atoms with van der Waals surface area (Å²) in [5.41, 5.74) is 0. The Balaban J connectivity index is 1.99. The van der Waals surface area contributed by atoms with Crippen LogP contribution in [-0.2, 0) is 0 Å². The SMILES string of the molecule is c1csc(NC2CC2)n1. The van der Waals surface area contributed by atoms with E-state index >= 15 is 0 Å². The molecule has 0 amide bonds. The molecule has 1 heterocycles. The Labute approximate surface area is 57.9 Å². The van der Waals surface area contributed by atoms with Gasteiger partial charge in [-0.15, -0.1) is 11.3 Å². The molecule has 1 N–H and O–H groups in total. The van der Waals surface area contributed by atoms with E-state index in [1.807, 2.05) is 11.6 Å². The van der Waals surface area contributed by atoms with Crippen LogP contribution in [0.1, 0.15) is 12.8 Å². The van der Waals surface area contributed by atoms with Crippen LogP contribution in [0.2, 0.25) is 0 Å². The quantitative estimate of drug-likeness (QED) is 0.676. The van der Waals surface area contributed by atoms with Crippen molar-refractivity contribution < 1.29 is 0 Å². The third kappa shape index (κ3) is 1.21. The first-order valence-electron chi connectivity index (χ1n) is 3.11. The Morgan fingerprint density at radius 3 is 3.11 bits per heavy atom. The van der Waals surface area contributed by atoms with E-state index in [2.05, 4.69) is 10.3 Å². The molecule has 0 saturated heterocycles. The lowest BCUT2D eigenvalue weighted by molar-refractivity contribution is 1.14. The van der Waals surface area contributed by atoms with Crippen molar-refractivity contribution in [1.82, 2.24) is 4.98 Å². The van der Waals surface area contributed by atoms with Gasteiger partial charge in [0.25, 0.3) is 0 Å². The zero-order valence-electron chi connectivity index (χ0n) is 5.00. The molecular formula is C6H8N2S. The maximum atomic E-state index is 4.10. The van der Waals surface area contributed by atoms with Gasteiger partial charge >= 0.3 is 0 Å². The van der Waals surface area contributed by atoms with E-state index in [9.17, 15) is 0 Å². The summed E-state index contributed by atoms with van der Waals surface area (Å²) in [5.74, 6) is 0.